The maximum absolute atomic E-state index is 10.6. The number of phosphoric ester groups is 1. The van der Waals surface area contributed by atoms with Gasteiger partial charge in [-0.25, -0.2) is 9.09 Å². The highest BCUT2D eigenvalue weighted by atomic mass is 31.2. The first-order chi connectivity index (χ1) is 7.62. The second-order valence-electron chi connectivity index (χ2n) is 3.48. The lowest BCUT2D eigenvalue weighted by Crippen LogP contribution is -2.67. The Morgan fingerprint density at radius 3 is 2.24 bits per heavy atom. The van der Waals surface area contributed by atoms with Crippen LogP contribution in [0.25, 0.3) is 0 Å². The molecular formula is C6H13O10P. The second kappa shape index (κ2) is 4.86. The molecule has 0 saturated carbocycles. The first kappa shape index (κ1) is 14.9. The van der Waals surface area contributed by atoms with E-state index in [4.69, 9.17) is 14.9 Å². The molecule has 1 heterocycles. The normalized spacial score (nSPS) is 43.7. The van der Waals surface area contributed by atoms with Crippen LogP contribution in [0, 0.1) is 0 Å². The van der Waals surface area contributed by atoms with Gasteiger partial charge in [-0.15, -0.1) is 0 Å². The van der Waals surface area contributed by atoms with E-state index < -0.39 is 44.8 Å². The van der Waals surface area contributed by atoms with Gasteiger partial charge in [0.15, 0.2) is 0 Å². The summed E-state index contributed by atoms with van der Waals surface area (Å²) in [6, 6.07) is 0. The Morgan fingerprint density at radius 2 is 1.82 bits per heavy atom. The van der Waals surface area contributed by atoms with Crippen LogP contribution in [-0.2, 0) is 13.8 Å². The van der Waals surface area contributed by atoms with Crippen molar-refractivity contribution in [1.82, 2.24) is 0 Å². The van der Waals surface area contributed by atoms with E-state index in [9.17, 15) is 25.0 Å². The number of hydrogen-bond acceptors (Lipinski definition) is 8. The quantitative estimate of drug-likeness (QED) is 0.200. The smallest absolute Gasteiger partial charge is 0.394 e. The van der Waals surface area contributed by atoms with E-state index in [0.717, 1.165) is 0 Å². The summed E-state index contributed by atoms with van der Waals surface area (Å²) < 4.78 is 18.8. The molecule has 0 bridgehead atoms. The van der Waals surface area contributed by atoms with Crippen molar-refractivity contribution in [3.63, 3.8) is 0 Å². The van der Waals surface area contributed by atoms with Gasteiger partial charge >= 0.3 is 7.82 Å². The van der Waals surface area contributed by atoms with E-state index in [2.05, 4.69) is 9.26 Å². The van der Waals surface area contributed by atoms with Crippen LogP contribution in [0.1, 0.15) is 0 Å². The first-order valence-electron chi connectivity index (χ1n) is 4.41. The summed E-state index contributed by atoms with van der Waals surface area (Å²) in [7, 11) is -5.25. The molecule has 102 valence electrons. The molecule has 0 aliphatic carbocycles. The largest absolute Gasteiger partial charge is 0.472 e. The van der Waals surface area contributed by atoms with Crippen molar-refractivity contribution in [3.8, 4) is 0 Å². The fraction of sp³-hybridized carbons (Fsp3) is 1.00. The molecule has 7 N–H and O–H groups in total. The van der Waals surface area contributed by atoms with Crippen molar-refractivity contribution in [2.24, 2.45) is 0 Å². The Bertz CT molecular complexity index is 316. The molecule has 1 saturated heterocycles. The van der Waals surface area contributed by atoms with Crippen LogP contribution in [0.5, 0.6) is 0 Å². The van der Waals surface area contributed by atoms with Gasteiger partial charge in [-0.3, -0.25) is 0 Å². The lowest BCUT2D eigenvalue weighted by molar-refractivity contribution is -0.388. The number of hydrogen-bond donors (Lipinski definition) is 7. The standard InChI is InChI=1S/C6H13O10P/c7-1-2-3(8)4(9)6(11,5(10)15-2)16-17(12,13)14/h2-5,7-11H,1H2,(H2,12,13,14)/t2-,3-,4+,5?,6-/m1/s1. The van der Waals surface area contributed by atoms with Crippen molar-refractivity contribution in [1.29, 1.82) is 0 Å². The lowest BCUT2D eigenvalue weighted by atomic mass is 9.96. The summed E-state index contributed by atoms with van der Waals surface area (Å²) in [4.78, 5) is 17.0. The minimum atomic E-state index is -5.25. The SMILES string of the molecule is O=P(O)(O)O[C@@]1(O)C(O)O[C@H](CO)[C@@H](O)[C@@H]1O. The van der Waals surface area contributed by atoms with Gasteiger partial charge in [0.1, 0.15) is 18.3 Å². The van der Waals surface area contributed by atoms with Gasteiger partial charge in [0.25, 0.3) is 5.79 Å². The third-order valence-corrected chi connectivity index (χ3v) is 2.76. The number of phosphoric acid groups is 1. The predicted octanol–water partition coefficient (Wildman–Crippen LogP) is -3.78. The van der Waals surface area contributed by atoms with Gasteiger partial charge in [-0.1, -0.05) is 0 Å². The molecule has 0 spiro atoms. The molecule has 11 heteroatoms. The number of rotatable bonds is 3. The Labute approximate surface area is 94.9 Å². The van der Waals surface area contributed by atoms with Crippen LogP contribution in [-0.4, -0.2) is 72.3 Å². The van der Waals surface area contributed by atoms with E-state index in [1.807, 2.05) is 0 Å². The number of aliphatic hydroxyl groups excluding tert-OH is 4. The molecule has 1 fully saturated rings. The van der Waals surface area contributed by atoms with Crippen LogP contribution in [0.3, 0.4) is 0 Å². The molecule has 0 aromatic rings. The van der Waals surface area contributed by atoms with Crippen molar-refractivity contribution in [3.05, 3.63) is 0 Å². The van der Waals surface area contributed by atoms with E-state index in [0.29, 0.717) is 0 Å². The Balaban J connectivity index is 2.96. The zero-order valence-corrected chi connectivity index (χ0v) is 9.21. The summed E-state index contributed by atoms with van der Waals surface area (Å²) in [6.45, 7) is -0.790. The zero-order chi connectivity index (χ0) is 13.4. The molecule has 1 aliphatic heterocycles. The maximum Gasteiger partial charge on any atom is 0.472 e. The fourth-order valence-electron chi connectivity index (χ4n) is 1.38. The highest BCUT2D eigenvalue weighted by Gasteiger charge is 2.58. The van der Waals surface area contributed by atoms with E-state index >= 15 is 0 Å². The van der Waals surface area contributed by atoms with E-state index in [1.165, 1.54) is 0 Å². The molecule has 0 aromatic carbocycles. The molecule has 5 atom stereocenters. The van der Waals surface area contributed by atoms with Gasteiger partial charge in [0.2, 0.25) is 6.29 Å². The Hall–Kier alpha value is -0.130. The highest BCUT2D eigenvalue weighted by Crippen LogP contribution is 2.45. The van der Waals surface area contributed by atoms with Gasteiger partial charge in [0, 0.05) is 0 Å². The molecule has 0 radical (unpaired) electrons. The average Bonchev–Trinajstić information content (AvgIpc) is 2.19. The van der Waals surface area contributed by atoms with Gasteiger partial charge in [-0.2, -0.15) is 0 Å². The number of aliphatic hydroxyl groups is 5. The van der Waals surface area contributed by atoms with Crippen LogP contribution in [0.2, 0.25) is 0 Å². The molecular weight excluding hydrogens is 263 g/mol. The number of ether oxygens (including phenoxy) is 1. The molecule has 0 amide bonds. The van der Waals surface area contributed by atoms with Crippen LogP contribution in [0.4, 0.5) is 0 Å². The van der Waals surface area contributed by atoms with Crippen molar-refractivity contribution >= 4 is 7.82 Å². The topological polar surface area (TPSA) is 177 Å². The Morgan fingerprint density at radius 1 is 1.29 bits per heavy atom. The monoisotopic (exact) mass is 276 g/mol. The molecule has 1 unspecified atom stereocenters. The van der Waals surface area contributed by atoms with Gasteiger partial charge in [0.05, 0.1) is 6.61 Å². The third kappa shape index (κ3) is 3.01. The van der Waals surface area contributed by atoms with Crippen molar-refractivity contribution < 1.29 is 49.1 Å². The summed E-state index contributed by atoms with van der Waals surface area (Å²) in [6.07, 6.45) is -7.97. The molecule has 0 aromatic heterocycles. The summed E-state index contributed by atoms with van der Waals surface area (Å²) in [5.41, 5.74) is 0. The van der Waals surface area contributed by atoms with Crippen molar-refractivity contribution in [2.75, 3.05) is 6.61 Å². The zero-order valence-electron chi connectivity index (χ0n) is 8.32. The van der Waals surface area contributed by atoms with Gasteiger partial charge in [-0.05, 0) is 0 Å². The van der Waals surface area contributed by atoms with Crippen LogP contribution < -0.4 is 0 Å². The molecule has 10 nitrogen and oxygen atoms in total. The van der Waals surface area contributed by atoms with E-state index in [1.54, 1.807) is 0 Å². The molecule has 1 rings (SSSR count). The van der Waals surface area contributed by atoms with Crippen molar-refractivity contribution in [2.45, 2.75) is 30.4 Å². The summed E-state index contributed by atoms with van der Waals surface area (Å²) >= 11 is 0. The highest BCUT2D eigenvalue weighted by molar-refractivity contribution is 7.46. The average molecular weight is 276 g/mol. The second-order valence-corrected chi connectivity index (χ2v) is 4.64. The lowest BCUT2D eigenvalue weighted by Gasteiger charge is -2.44. The Kier molecular flexibility index (Phi) is 4.27. The fourth-order valence-corrected chi connectivity index (χ4v) is 1.96. The summed E-state index contributed by atoms with van der Waals surface area (Å²) in [5, 5.41) is 46.3. The minimum Gasteiger partial charge on any atom is -0.394 e. The van der Waals surface area contributed by atoms with E-state index in [-0.39, 0.29) is 0 Å². The maximum atomic E-state index is 10.6. The minimum absolute atomic E-state index is 0.790. The first-order valence-corrected chi connectivity index (χ1v) is 5.94. The van der Waals surface area contributed by atoms with Gasteiger partial charge < -0.3 is 40.1 Å². The third-order valence-electron chi connectivity index (χ3n) is 2.23. The molecule has 17 heavy (non-hydrogen) atoms. The molecule has 1 aliphatic rings. The predicted molar refractivity (Wildman–Crippen MR) is 48.1 cm³/mol. The van der Waals surface area contributed by atoms with Crippen LogP contribution in [0.15, 0.2) is 0 Å². The summed E-state index contributed by atoms with van der Waals surface area (Å²) in [5.74, 6) is -3.20. The van der Waals surface area contributed by atoms with Crippen LogP contribution >= 0.6 is 7.82 Å².